The summed E-state index contributed by atoms with van der Waals surface area (Å²) in [6.45, 7) is -0.839. The van der Waals surface area contributed by atoms with Crippen molar-refractivity contribution in [2.45, 2.75) is 32.1 Å². The monoisotopic (exact) mass is 299 g/mol. The van der Waals surface area contributed by atoms with Gasteiger partial charge in [-0.1, -0.05) is 19.3 Å². The van der Waals surface area contributed by atoms with E-state index in [0.717, 1.165) is 32.1 Å². The predicted molar refractivity (Wildman–Crippen MR) is 73.1 cm³/mol. The highest BCUT2D eigenvalue weighted by molar-refractivity contribution is 5.95. The Morgan fingerprint density at radius 3 is 2.38 bits per heavy atom. The maximum Gasteiger partial charge on any atom is 0.325 e. The molecule has 1 aliphatic rings. The average Bonchev–Trinajstić information content (AvgIpc) is 2.51. The molecule has 0 aromatic rings. The van der Waals surface area contributed by atoms with Gasteiger partial charge in [0, 0.05) is 13.0 Å². The highest BCUT2D eigenvalue weighted by Gasteiger charge is 2.21. The second kappa shape index (κ2) is 8.93. The molecule has 0 bridgehead atoms. The van der Waals surface area contributed by atoms with Crippen LogP contribution >= 0.6 is 0 Å². The van der Waals surface area contributed by atoms with Crippen molar-refractivity contribution >= 4 is 23.8 Å². The normalized spacial score (nSPS) is 14.9. The number of esters is 1. The molecule has 0 atom stereocenters. The van der Waals surface area contributed by atoms with Gasteiger partial charge in [-0.25, -0.2) is 4.79 Å². The lowest BCUT2D eigenvalue weighted by Gasteiger charge is -2.20. The molecule has 8 nitrogen and oxygen atoms in total. The van der Waals surface area contributed by atoms with Crippen LogP contribution in [-0.2, 0) is 19.1 Å². The molecule has 0 spiro atoms. The predicted octanol–water partition coefficient (Wildman–Crippen LogP) is -0.318. The van der Waals surface area contributed by atoms with Crippen LogP contribution in [0.25, 0.3) is 0 Å². The molecule has 0 aliphatic heterocycles. The number of carbonyl (C=O) groups excluding carboxylic acids is 4. The highest BCUT2D eigenvalue weighted by Crippen LogP contribution is 2.23. The first kappa shape index (κ1) is 16.9. The molecule has 0 aromatic heterocycles. The number of amides is 4. The van der Waals surface area contributed by atoms with E-state index in [1.165, 1.54) is 7.05 Å². The van der Waals surface area contributed by atoms with E-state index in [-0.39, 0.29) is 18.4 Å². The lowest BCUT2D eigenvalue weighted by molar-refractivity contribution is -0.148. The first-order chi connectivity index (χ1) is 10.0. The van der Waals surface area contributed by atoms with Crippen molar-refractivity contribution in [2.24, 2.45) is 5.92 Å². The largest absolute Gasteiger partial charge is 0.454 e. The molecule has 0 heterocycles. The lowest BCUT2D eigenvalue weighted by atomic mass is 9.89. The van der Waals surface area contributed by atoms with Crippen LogP contribution in [0.5, 0.6) is 0 Å². The molecule has 1 fully saturated rings. The molecule has 1 saturated carbocycles. The first-order valence-electron chi connectivity index (χ1n) is 6.98. The van der Waals surface area contributed by atoms with E-state index >= 15 is 0 Å². The summed E-state index contributed by atoms with van der Waals surface area (Å²) in [4.78, 5) is 45.1. The second-order valence-electron chi connectivity index (χ2n) is 4.84. The van der Waals surface area contributed by atoms with E-state index in [0.29, 0.717) is 0 Å². The number of carbonyl (C=O) groups is 4. The second-order valence-corrected chi connectivity index (χ2v) is 4.84. The standard InChI is InChI=1S/C13H21N3O5/c1-14-13(20)16-10(17)8-21-11(18)7-15-12(19)9-5-3-2-4-6-9/h9H,2-8H2,1H3,(H,15,19)(H2,14,16,17,20). The molecular formula is C13H21N3O5. The quantitative estimate of drug-likeness (QED) is 0.602. The lowest BCUT2D eigenvalue weighted by Crippen LogP contribution is -2.41. The topological polar surface area (TPSA) is 114 Å². The summed E-state index contributed by atoms with van der Waals surface area (Å²) in [5.41, 5.74) is 0. The molecule has 1 aliphatic carbocycles. The molecule has 0 aromatic carbocycles. The van der Waals surface area contributed by atoms with Gasteiger partial charge in [0.2, 0.25) is 5.91 Å². The summed E-state index contributed by atoms with van der Waals surface area (Å²) in [6, 6.07) is -0.679. The van der Waals surface area contributed by atoms with Gasteiger partial charge in [0.1, 0.15) is 6.54 Å². The Hall–Kier alpha value is -2.12. The molecular weight excluding hydrogens is 278 g/mol. The van der Waals surface area contributed by atoms with Crippen molar-refractivity contribution in [3.63, 3.8) is 0 Å². The fourth-order valence-electron chi connectivity index (χ4n) is 2.09. The SMILES string of the molecule is CNC(=O)NC(=O)COC(=O)CNC(=O)C1CCCCC1. The summed E-state index contributed by atoms with van der Waals surface area (Å²) >= 11 is 0. The molecule has 118 valence electrons. The van der Waals surface area contributed by atoms with Crippen molar-refractivity contribution < 1.29 is 23.9 Å². The zero-order chi connectivity index (χ0) is 15.7. The van der Waals surface area contributed by atoms with Crippen LogP contribution in [-0.4, -0.2) is 44.0 Å². The van der Waals surface area contributed by atoms with E-state index in [9.17, 15) is 19.2 Å². The molecule has 1 rings (SSSR count). The number of hydrogen-bond acceptors (Lipinski definition) is 5. The van der Waals surface area contributed by atoms with Crippen LogP contribution in [0.3, 0.4) is 0 Å². The molecule has 3 N–H and O–H groups in total. The van der Waals surface area contributed by atoms with E-state index in [1.807, 2.05) is 5.32 Å². The fraction of sp³-hybridized carbons (Fsp3) is 0.692. The summed E-state index contributed by atoms with van der Waals surface area (Å²) < 4.78 is 4.64. The van der Waals surface area contributed by atoms with Gasteiger partial charge in [0.15, 0.2) is 6.61 Å². The van der Waals surface area contributed by atoms with Crippen molar-refractivity contribution in [3.05, 3.63) is 0 Å². The Morgan fingerprint density at radius 2 is 1.76 bits per heavy atom. The highest BCUT2D eigenvalue weighted by atomic mass is 16.5. The third-order valence-corrected chi connectivity index (χ3v) is 3.23. The van der Waals surface area contributed by atoms with Crippen LogP contribution in [0, 0.1) is 5.92 Å². The molecule has 0 unspecified atom stereocenters. The summed E-state index contributed by atoms with van der Waals surface area (Å²) in [5, 5.41) is 6.64. The van der Waals surface area contributed by atoms with Crippen LogP contribution < -0.4 is 16.0 Å². The molecule has 0 radical (unpaired) electrons. The zero-order valence-electron chi connectivity index (χ0n) is 12.1. The van der Waals surface area contributed by atoms with Crippen LogP contribution in [0.15, 0.2) is 0 Å². The molecule has 0 saturated heterocycles. The average molecular weight is 299 g/mol. The van der Waals surface area contributed by atoms with Gasteiger partial charge in [-0.05, 0) is 12.8 Å². The van der Waals surface area contributed by atoms with Gasteiger partial charge in [0.05, 0.1) is 0 Å². The van der Waals surface area contributed by atoms with Crippen molar-refractivity contribution in [1.29, 1.82) is 0 Å². The van der Waals surface area contributed by atoms with Gasteiger partial charge in [0.25, 0.3) is 5.91 Å². The number of ether oxygens (including phenoxy) is 1. The van der Waals surface area contributed by atoms with Crippen LogP contribution in [0.2, 0.25) is 0 Å². The molecule has 8 heteroatoms. The number of hydrogen-bond donors (Lipinski definition) is 3. The van der Waals surface area contributed by atoms with Crippen molar-refractivity contribution in [3.8, 4) is 0 Å². The summed E-state index contributed by atoms with van der Waals surface area (Å²) in [5.74, 6) is -1.64. The molecule has 4 amide bonds. The smallest absolute Gasteiger partial charge is 0.325 e. The van der Waals surface area contributed by atoms with E-state index in [4.69, 9.17) is 0 Å². The first-order valence-corrected chi connectivity index (χ1v) is 6.98. The Kier molecular flexibility index (Phi) is 7.20. The van der Waals surface area contributed by atoms with Gasteiger partial charge in [-0.2, -0.15) is 0 Å². The minimum Gasteiger partial charge on any atom is -0.454 e. The maximum absolute atomic E-state index is 11.8. The van der Waals surface area contributed by atoms with Gasteiger partial charge in [-0.3, -0.25) is 19.7 Å². The number of rotatable bonds is 5. The van der Waals surface area contributed by atoms with Crippen LogP contribution in [0.1, 0.15) is 32.1 Å². The molecule has 21 heavy (non-hydrogen) atoms. The summed E-state index contributed by atoms with van der Waals surface area (Å²) in [6.07, 6.45) is 4.89. The van der Waals surface area contributed by atoms with Crippen molar-refractivity contribution in [1.82, 2.24) is 16.0 Å². The Labute approximate surface area is 123 Å². The van der Waals surface area contributed by atoms with E-state index in [2.05, 4.69) is 15.4 Å². The Balaban J connectivity index is 2.17. The third kappa shape index (κ3) is 6.73. The minimum atomic E-state index is -0.735. The summed E-state index contributed by atoms with van der Waals surface area (Å²) in [7, 11) is 1.36. The Bertz CT molecular complexity index is 405. The van der Waals surface area contributed by atoms with Gasteiger partial charge >= 0.3 is 12.0 Å². The number of nitrogens with one attached hydrogen (secondary N) is 3. The van der Waals surface area contributed by atoms with Crippen LogP contribution in [0.4, 0.5) is 4.79 Å². The van der Waals surface area contributed by atoms with E-state index in [1.54, 1.807) is 0 Å². The van der Waals surface area contributed by atoms with E-state index < -0.39 is 24.5 Å². The number of urea groups is 1. The van der Waals surface area contributed by atoms with Gasteiger partial charge in [-0.15, -0.1) is 0 Å². The third-order valence-electron chi connectivity index (χ3n) is 3.23. The minimum absolute atomic E-state index is 0.0388. The number of imide groups is 1. The van der Waals surface area contributed by atoms with Crippen molar-refractivity contribution in [2.75, 3.05) is 20.2 Å². The zero-order valence-corrected chi connectivity index (χ0v) is 12.1. The van der Waals surface area contributed by atoms with Gasteiger partial charge < -0.3 is 15.4 Å². The Morgan fingerprint density at radius 1 is 1.10 bits per heavy atom. The fourth-order valence-corrected chi connectivity index (χ4v) is 2.09. The maximum atomic E-state index is 11.8.